The van der Waals surface area contributed by atoms with Gasteiger partial charge in [0.2, 0.25) is 0 Å². The van der Waals surface area contributed by atoms with Crippen LogP contribution in [-0.2, 0) is 16.4 Å². The molecule has 0 aromatic heterocycles. The first-order valence-electron chi connectivity index (χ1n) is 10.1. The lowest BCUT2D eigenvalue weighted by atomic mass is 10.1. The molecular weight excluding hydrogens is 464 g/mol. The second kappa shape index (κ2) is 10.6. The van der Waals surface area contributed by atoms with Crippen molar-refractivity contribution in [3.8, 4) is 11.5 Å². The summed E-state index contributed by atoms with van der Waals surface area (Å²) in [5.74, 6) is 0.830. The third-order valence-corrected chi connectivity index (χ3v) is 6.67. The summed E-state index contributed by atoms with van der Waals surface area (Å²) in [4.78, 5) is 12.8. The number of benzene rings is 3. The Morgan fingerprint density at radius 1 is 0.939 bits per heavy atom. The number of ether oxygens (including phenoxy) is 2. The molecule has 174 valence electrons. The summed E-state index contributed by atoms with van der Waals surface area (Å²) in [7, 11) is -0.671. The van der Waals surface area contributed by atoms with Crippen LogP contribution in [0.4, 0.5) is 5.69 Å². The average Bonchev–Trinajstić information content (AvgIpc) is 2.80. The maximum Gasteiger partial charge on any atom is 0.261 e. The van der Waals surface area contributed by atoms with Crippen LogP contribution in [0, 0.1) is 6.92 Å². The number of anilines is 1. The van der Waals surface area contributed by atoms with Crippen LogP contribution in [0.2, 0.25) is 5.02 Å². The number of hydrogen-bond acceptors (Lipinski definition) is 5. The molecule has 0 aliphatic rings. The van der Waals surface area contributed by atoms with Crippen LogP contribution < -0.4 is 19.5 Å². The zero-order chi connectivity index (χ0) is 24.0. The fourth-order valence-electron chi connectivity index (χ4n) is 3.15. The molecule has 0 spiro atoms. The van der Waals surface area contributed by atoms with Crippen LogP contribution in [0.5, 0.6) is 11.5 Å². The summed E-state index contributed by atoms with van der Waals surface area (Å²) in [6, 6.07) is 16.4. The van der Waals surface area contributed by atoms with Crippen molar-refractivity contribution in [1.82, 2.24) is 5.32 Å². The van der Waals surface area contributed by atoms with E-state index < -0.39 is 15.9 Å². The number of nitrogens with one attached hydrogen (secondary N) is 2. The van der Waals surface area contributed by atoms with E-state index in [-0.39, 0.29) is 21.2 Å². The first kappa shape index (κ1) is 24.4. The molecule has 3 aromatic carbocycles. The van der Waals surface area contributed by atoms with E-state index in [0.29, 0.717) is 24.5 Å². The molecule has 0 bridgehead atoms. The Morgan fingerprint density at radius 3 is 2.30 bits per heavy atom. The molecule has 0 saturated carbocycles. The van der Waals surface area contributed by atoms with Gasteiger partial charge < -0.3 is 14.8 Å². The third kappa shape index (κ3) is 6.18. The van der Waals surface area contributed by atoms with Gasteiger partial charge in [-0.2, -0.15) is 0 Å². The molecule has 7 nitrogen and oxygen atoms in total. The third-order valence-electron chi connectivity index (χ3n) is 4.94. The fourth-order valence-corrected chi connectivity index (χ4v) is 4.40. The number of carbonyl (C=O) groups is 1. The highest BCUT2D eigenvalue weighted by atomic mass is 35.5. The van der Waals surface area contributed by atoms with Gasteiger partial charge in [0.1, 0.15) is 0 Å². The molecule has 0 aliphatic heterocycles. The van der Waals surface area contributed by atoms with Gasteiger partial charge in [-0.15, -0.1) is 0 Å². The van der Waals surface area contributed by atoms with Crippen LogP contribution in [0.3, 0.4) is 0 Å². The normalized spacial score (nSPS) is 11.0. The lowest BCUT2D eigenvalue weighted by molar-refractivity contribution is 0.0954. The highest BCUT2D eigenvalue weighted by molar-refractivity contribution is 7.92. The molecule has 33 heavy (non-hydrogen) atoms. The van der Waals surface area contributed by atoms with E-state index in [9.17, 15) is 13.2 Å². The Balaban J connectivity index is 1.67. The molecule has 3 aromatic rings. The lowest BCUT2D eigenvalue weighted by Gasteiger charge is -2.12. The minimum Gasteiger partial charge on any atom is -0.493 e. The van der Waals surface area contributed by atoms with Gasteiger partial charge in [-0.1, -0.05) is 35.4 Å². The molecule has 0 unspecified atom stereocenters. The van der Waals surface area contributed by atoms with E-state index in [1.165, 1.54) is 30.3 Å². The minimum absolute atomic E-state index is 0.129. The first-order valence-corrected chi connectivity index (χ1v) is 12.0. The smallest absolute Gasteiger partial charge is 0.261 e. The number of aryl methyl sites for hydroxylation is 1. The van der Waals surface area contributed by atoms with E-state index in [1.807, 2.05) is 19.1 Å². The summed E-state index contributed by atoms with van der Waals surface area (Å²) >= 11 is 6.20. The first-order chi connectivity index (χ1) is 15.7. The van der Waals surface area contributed by atoms with Crippen molar-refractivity contribution in [2.45, 2.75) is 18.2 Å². The van der Waals surface area contributed by atoms with Gasteiger partial charge in [0, 0.05) is 12.2 Å². The van der Waals surface area contributed by atoms with Crippen molar-refractivity contribution in [1.29, 1.82) is 0 Å². The molecule has 2 N–H and O–H groups in total. The molecule has 3 rings (SSSR count). The number of sulfonamides is 1. The molecule has 0 saturated heterocycles. The van der Waals surface area contributed by atoms with Crippen molar-refractivity contribution in [3.05, 3.63) is 82.4 Å². The maximum absolute atomic E-state index is 12.7. The zero-order valence-corrected chi connectivity index (χ0v) is 20.1. The number of hydrogen-bond donors (Lipinski definition) is 2. The number of amides is 1. The van der Waals surface area contributed by atoms with Crippen LogP contribution >= 0.6 is 11.6 Å². The predicted molar refractivity (Wildman–Crippen MR) is 129 cm³/mol. The van der Waals surface area contributed by atoms with Crippen LogP contribution in [-0.4, -0.2) is 35.1 Å². The van der Waals surface area contributed by atoms with Gasteiger partial charge in [-0.3, -0.25) is 9.52 Å². The molecule has 0 aliphatic carbocycles. The Bertz CT molecular complexity index is 1240. The van der Waals surface area contributed by atoms with E-state index in [2.05, 4.69) is 10.0 Å². The summed E-state index contributed by atoms with van der Waals surface area (Å²) in [5, 5.41) is 3.03. The Labute approximate surface area is 198 Å². The molecule has 0 fully saturated rings. The highest BCUT2D eigenvalue weighted by Gasteiger charge is 2.17. The van der Waals surface area contributed by atoms with Crippen molar-refractivity contribution < 1.29 is 22.7 Å². The monoisotopic (exact) mass is 488 g/mol. The second-order valence-electron chi connectivity index (χ2n) is 7.31. The maximum atomic E-state index is 12.7. The Morgan fingerprint density at radius 2 is 1.64 bits per heavy atom. The molecule has 0 heterocycles. The highest BCUT2D eigenvalue weighted by Crippen LogP contribution is 2.28. The Hall–Kier alpha value is -3.23. The van der Waals surface area contributed by atoms with Gasteiger partial charge in [-0.25, -0.2) is 8.42 Å². The van der Waals surface area contributed by atoms with Gasteiger partial charge in [-0.05, 0) is 61.4 Å². The largest absolute Gasteiger partial charge is 0.493 e. The van der Waals surface area contributed by atoms with Gasteiger partial charge in [0.15, 0.2) is 11.5 Å². The van der Waals surface area contributed by atoms with Crippen LogP contribution in [0.25, 0.3) is 0 Å². The predicted octanol–water partition coefficient (Wildman–Crippen LogP) is 4.44. The van der Waals surface area contributed by atoms with Crippen LogP contribution in [0.1, 0.15) is 21.5 Å². The molecular formula is C24H25ClN2O5S. The second-order valence-corrected chi connectivity index (χ2v) is 9.40. The number of carbonyl (C=O) groups excluding carboxylic acids is 1. The summed E-state index contributed by atoms with van der Waals surface area (Å²) in [5.41, 5.74) is 2.32. The number of rotatable bonds is 9. The van der Waals surface area contributed by atoms with Crippen molar-refractivity contribution in [2.24, 2.45) is 0 Å². The van der Waals surface area contributed by atoms with Crippen molar-refractivity contribution in [2.75, 3.05) is 25.5 Å². The van der Waals surface area contributed by atoms with Crippen LogP contribution in [0.15, 0.2) is 65.6 Å². The summed E-state index contributed by atoms with van der Waals surface area (Å²) in [6.07, 6.45) is 0.559. The topological polar surface area (TPSA) is 93.7 Å². The quantitative estimate of drug-likeness (QED) is 0.464. The van der Waals surface area contributed by atoms with Crippen molar-refractivity contribution >= 4 is 33.2 Å². The summed E-state index contributed by atoms with van der Waals surface area (Å²) in [6.45, 7) is 2.23. The SMILES string of the molecule is COc1ccc(CCNC(=O)c2cc(NS(=O)(=O)c3ccc(C)cc3)ccc2Cl)cc1OC. The van der Waals surface area contributed by atoms with E-state index in [4.69, 9.17) is 21.1 Å². The molecule has 0 radical (unpaired) electrons. The molecule has 9 heteroatoms. The van der Waals surface area contributed by atoms with Gasteiger partial charge in [0.25, 0.3) is 15.9 Å². The fraction of sp³-hybridized carbons (Fsp3) is 0.208. The average molecular weight is 489 g/mol. The lowest BCUT2D eigenvalue weighted by Crippen LogP contribution is -2.26. The van der Waals surface area contributed by atoms with Crippen molar-refractivity contribution in [3.63, 3.8) is 0 Å². The number of methoxy groups -OCH3 is 2. The standard InChI is InChI=1S/C24H25ClN2O5S/c1-16-4-8-19(9-5-16)33(29,30)27-18-7-10-21(25)20(15-18)24(28)26-13-12-17-6-11-22(31-2)23(14-17)32-3/h4-11,14-15,27H,12-13H2,1-3H3,(H,26,28). The molecule has 0 atom stereocenters. The zero-order valence-electron chi connectivity index (χ0n) is 18.5. The number of halogens is 1. The van der Waals surface area contributed by atoms with Gasteiger partial charge in [0.05, 0.1) is 29.7 Å². The summed E-state index contributed by atoms with van der Waals surface area (Å²) < 4.78 is 38.3. The van der Waals surface area contributed by atoms with Gasteiger partial charge >= 0.3 is 0 Å². The molecule has 1 amide bonds. The van der Waals surface area contributed by atoms with E-state index >= 15 is 0 Å². The minimum atomic E-state index is -3.80. The van der Waals surface area contributed by atoms with E-state index in [0.717, 1.165) is 11.1 Å². The Kier molecular flexibility index (Phi) is 7.84. The van der Waals surface area contributed by atoms with E-state index in [1.54, 1.807) is 32.4 Å².